The number of aliphatic hydroxyl groups excluding tert-OH is 3. The SMILES string of the molecule is CC12C=CC(O)CC1CCC1(N)[C@@H]2C(O)C[C@@]2(C)[C@H]1C[C@H]1O[C@H](C3CC=C(SCc4cccc([N+](=O)[O-])c4)CC3)O[C@]12C(=O)CO. The van der Waals surface area contributed by atoms with Gasteiger partial charge in [0.05, 0.1) is 23.2 Å². The van der Waals surface area contributed by atoms with E-state index in [0.717, 1.165) is 24.8 Å². The molecule has 6 unspecified atom stereocenters. The number of non-ortho nitro benzene ring substituents is 1. The monoisotopic (exact) mass is 654 g/mol. The van der Waals surface area contributed by atoms with Crippen molar-refractivity contribution in [3.63, 3.8) is 0 Å². The minimum Gasteiger partial charge on any atom is -0.393 e. The van der Waals surface area contributed by atoms with Crippen molar-refractivity contribution in [1.82, 2.24) is 0 Å². The molecular weight excluding hydrogens is 608 g/mol. The Labute approximate surface area is 273 Å². The van der Waals surface area contributed by atoms with Gasteiger partial charge in [-0.05, 0) is 79.1 Å². The van der Waals surface area contributed by atoms with Crippen LogP contribution in [0, 0.1) is 44.6 Å². The van der Waals surface area contributed by atoms with E-state index in [2.05, 4.69) is 19.1 Å². The van der Waals surface area contributed by atoms with Crippen LogP contribution in [0.2, 0.25) is 0 Å². The molecule has 6 aliphatic rings. The lowest BCUT2D eigenvalue weighted by molar-refractivity contribution is -0.384. The Morgan fingerprint density at radius 2 is 2.02 bits per heavy atom. The van der Waals surface area contributed by atoms with E-state index in [1.165, 1.54) is 11.0 Å². The van der Waals surface area contributed by atoms with E-state index in [4.69, 9.17) is 15.2 Å². The zero-order valence-corrected chi connectivity index (χ0v) is 27.4. The molecule has 5 N–H and O–H groups in total. The maximum atomic E-state index is 13.9. The molecule has 1 aromatic rings. The summed E-state index contributed by atoms with van der Waals surface area (Å²) in [7, 11) is 0. The minimum absolute atomic E-state index is 0.0273. The summed E-state index contributed by atoms with van der Waals surface area (Å²) in [6.45, 7) is 3.51. The third-order valence-corrected chi connectivity index (χ3v) is 14.2. The fraction of sp³-hybridized carbons (Fsp3) is 0.686. The van der Waals surface area contributed by atoms with Gasteiger partial charge in [-0.3, -0.25) is 14.9 Å². The Balaban J connectivity index is 1.10. The van der Waals surface area contributed by atoms with Crippen LogP contribution in [0.15, 0.2) is 47.4 Å². The number of allylic oxidation sites excluding steroid dienone is 3. The van der Waals surface area contributed by atoms with Gasteiger partial charge in [0.25, 0.3) is 5.69 Å². The van der Waals surface area contributed by atoms with Gasteiger partial charge < -0.3 is 30.5 Å². The molecule has 12 atom stereocenters. The van der Waals surface area contributed by atoms with Crippen LogP contribution in [0.4, 0.5) is 5.69 Å². The molecule has 1 aromatic carbocycles. The molecular formula is C35H46N2O8S. The summed E-state index contributed by atoms with van der Waals surface area (Å²) in [5, 5.41) is 43.8. The first-order valence-corrected chi connectivity index (χ1v) is 17.7. The predicted octanol–water partition coefficient (Wildman–Crippen LogP) is 4.40. The Morgan fingerprint density at radius 3 is 2.74 bits per heavy atom. The highest BCUT2D eigenvalue weighted by molar-refractivity contribution is 8.02. The van der Waals surface area contributed by atoms with Crippen LogP contribution in [-0.2, 0) is 20.0 Å². The fourth-order valence-electron chi connectivity index (χ4n) is 10.9. The van der Waals surface area contributed by atoms with Crippen LogP contribution in [-0.4, -0.2) is 68.4 Å². The number of ether oxygens (including phenoxy) is 2. The molecule has 0 spiro atoms. The number of nitro groups is 1. The molecule has 7 rings (SSSR count). The number of Topliss-reactive ketones (excluding diaryl/α,β-unsaturated/α-hetero) is 1. The van der Waals surface area contributed by atoms with Gasteiger partial charge in [0, 0.05) is 40.7 Å². The van der Waals surface area contributed by atoms with Gasteiger partial charge in [-0.2, -0.15) is 0 Å². The molecule has 3 saturated carbocycles. The summed E-state index contributed by atoms with van der Waals surface area (Å²) in [5.74, 6) is 0.0884. The van der Waals surface area contributed by atoms with Gasteiger partial charge in [-0.25, -0.2) is 0 Å². The number of carbonyl (C=O) groups is 1. The first-order chi connectivity index (χ1) is 21.9. The van der Waals surface area contributed by atoms with Gasteiger partial charge in [-0.1, -0.05) is 44.2 Å². The first kappa shape index (κ1) is 32.4. The number of thioether (sulfide) groups is 1. The molecule has 0 aromatic heterocycles. The summed E-state index contributed by atoms with van der Waals surface area (Å²) in [5.41, 5.74) is 5.08. The van der Waals surface area contributed by atoms with Gasteiger partial charge in [-0.15, -0.1) is 11.8 Å². The smallest absolute Gasteiger partial charge is 0.269 e. The molecule has 1 aliphatic heterocycles. The molecule has 10 nitrogen and oxygen atoms in total. The summed E-state index contributed by atoms with van der Waals surface area (Å²) in [6.07, 6.45) is 8.98. The number of nitro benzene ring substituents is 1. The Bertz CT molecular complexity index is 1470. The van der Waals surface area contributed by atoms with E-state index in [9.17, 15) is 30.2 Å². The molecule has 4 fully saturated rings. The largest absolute Gasteiger partial charge is 0.393 e. The molecule has 1 heterocycles. The number of rotatable bonds is 7. The average Bonchev–Trinajstić information content (AvgIpc) is 3.54. The van der Waals surface area contributed by atoms with Crippen LogP contribution < -0.4 is 5.73 Å². The van der Waals surface area contributed by atoms with Gasteiger partial charge >= 0.3 is 0 Å². The van der Waals surface area contributed by atoms with Crippen molar-refractivity contribution in [1.29, 1.82) is 0 Å². The van der Waals surface area contributed by atoms with Gasteiger partial charge in [0.1, 0.15) is 6.61 Å². The number of hydrogen-bond acceptors (Lipinski definition) is 10. The zero-order valence-electron chi connectivity index (χ0n) is 26.5. The highest BCUT2D eigenvalue weighted by atomic mass is 32.2. The van der Waals surface area contributed by atoms with Crippen molar-refractivity contribution in [2.75, 3.05) is 6.61 Å². The standard InChI is InChI=1S/C35H46N2O8S/c1-32-12-11-24(39)15-22(32)10-13-34(36)27-16-29-35(28(41)18-38,33(27,2)17-26(40)30(32)34)45-31(44-29)21-6-8-25(9-7-21)46-19-20-4-3-5-23(14-20)37(42)43/h3-5,8,11-12,14,21-22,24,26-27,29-31,38-40H,6-7,9-10,13,15-19,36H2,1-2H3/t21?,22?,24?,26?,27-,29-,30-,31+,32?,33+,34?,35-/m1/s1. The van der Waals surface area contributed by atoms with Crippen molar-refractivity contribution in [2.45, 2.75) is 107 Å². The van der Waals surface area contributed by atoms with Crippen LogP contribution >= 0.6 is 11.8 Å². The van der Waals surface area contributed by atoms with E-state index < -0.39 is 53.5 Å². The normalized spacial score (nSPS) is 46.1. The number of hydrogen-bond donors (Lipinski definition) is 4. The van der Waals surface area contributed by atoms with Crippen molar-refractivity contribution < 1.29 is 34.5 Å². The number of carbonyl (C=O) groups excluding carboxylic acids is 1. The lowest BCUT2D eigenvalue weighted by Crippen LogP contribution is -2.74. The van der Waals surface area contributed by atoms with Crippen LogP contribution in [0.1, 0.15) is 70.8 Å². The second-order valence-electron chi connectivity index (χ2n) is 15.2. The molecule has 1 saturated heterocycles. The summed E-state index contributed by atoms with van der Waals surface area (Å²) in [6, 6.07) is 6.72. The number of fused-ring (bicyclic) bond motifs is 7. The van der Waals surface area contributed by atoms with Crippen LogP contribution in [0.5, 0.6) is 0 Å². The first-order valence-electron chi connectivity index (χ1n) is 16.7. The lowest BCUT2D eigenvalue weighted by Gasteiger charge is -2.66. The summed E-state index contributed by atoms with van der Waals surface area (Å²) in [4.78, 5) is 25.8. The topological polar surface area (TPSA) is 165 Å². The highest BCUT2D eigenvalue weighted by Crippen LogP contribution is 2.71. The Morgan fingerprint density at radius 1 is 1.22 bits per heavy atom. The molecule has 11 heteroatoms. The highest BCUT2D eigenvalue weighted by Gasteiger charge is 2.79. The van der Waals surface area contributed by atoms with E-state index in [-0.39, 0.29) is 39.7 Å². The van der Waals surface area contributed by atoms with Gasteiger partial charge in [0.15, 0.2) is 17.7 Å². The Hall–Kier alpha value is -2.12. The van der Waals surface area contributed by atoms with E-state index in [1.54, 1.807) is 23.9 Å². The van der Waals surface area contributed by atoms with Gasteiger partial charge in [0.2, 0.25) is 0 Å². The Kier molecular flexibility index (Phi) is 8.10. The van der Waals surface area contributed by atoms with E-state index in [1.807, 2.05) is 19.1 Å². The van der Waals surface area contributed by atoms with Crippen molar-refractivity contribution in [2.24, 2.45) is 40.2 Å². The number of nitrogens with zero attached hydrogens (tertiary/aromatic N) is 1. The average molecular weight is 655 g/mol. The van der Waals surface area contributed by atoms with E-state index in [0.29, 0.717) is 37.9 Å². The number of ketones is 1. The molecule has 5 aliphatic carbocycles. The number of benzene rings is 1. The second kappa shape index (κ2) is 11.5. The quantitative estimate of drug-likeness (QED) is 0.188. The van der Waals surface area contributed by atoms with Crippen LogP contribution in [0.25, 0.3) is 0 Å². The van der Waals surface area contributed by atoms with E-state index >= 15 is 0 Å². The molecule has 46 heavy (non-hydrogen) atoms. The van der Waals surface area contributed by atoms with Crippen molar-refractivity contribution in [3.05, 3.63) is 63.1 Å². The minimum atomic E-state index is -1.40. The maximum Gasteiger partial charge on any atom is 0.269 e. The molecule has 250 valence electrons. The van der Waals surface area contributed by atoms with Crippen LogP contribution in [0.3, 0.4) is 0 Å². The maximum absolute atomic E-state index is 13.9. The fourth-order valence-corrected chi connectivity index (χ4v) is 11.9. The van der Waals surface area contributed by atoms with Crippen molar-refractivity contribution >= 4 is 23.2 Å². The molecule has 0 radical (unpaired) electrons. The third kappa shape index (κ3) is 4.71. The summed E-state index contributed by atoms with van der Waals surface area (Å²) >= 11 is 1.68. The molecule has 0 bridgehead atoms. The second-order valence-corrected chi connectivity index (χ2v) is 16.3. The summed E-state index contributed by atoms with van der Waals surface area (Å²) < 4.78 is 13.5. The lowest BCUT2D eigenvalue weighted by atomic mass is 9.41. The number of nitrogens with two attached hydrogens (primary N) is 1. The number of aliphatic hydroxyl groups is 3. The molecule has 0 amide bonds. The van der Waals surface area contributed by atoms with Crippen molar-refractivity contribution in [3.8, 4) is 0 Å². The predicted molar refractivity (Wildman–Crippen MR) is 172 cm³/mol. The zero-order chi connectivity index (χ0) is 32.6. The third-order valence-electron chi connectivity index (χ3n) is 12.9.